The number of halogens is 1. The molecule has 0 aliphatic heterocycles. The first-order chi connectivity index (χ1) is 13.4. The van der Waals surface area contributed by atoms with Gasteiger partial charge in [-0.05, 0) is 35.4 Å². The predicted molar refractivity (Wildman–Crippen MR) is 108 cm³/mol. The van der Waals surface area contributed by atoms with E-state index in [2.05, 4.69) is 15.3 Å². The van der Waals surface area contributed by atoms with Crippen LogP contribution in [0.2, 0.25) is 0 Å². The summed E-state index contributed by atoms with van der Waals surface area (Å²) in [4.78, 5) is 9.55. The van der Waals surface area contributed by atoms with Crippen molar-refractivity contribution in [1.82, 2.24) is 9.97 Å². The SMILES string of the molecule is NS(=O)(=O)c1ccc(CNc2ncnc3scc(-c4ccc(F)cc4)c23)cc1. The minimum atomic E-state index is -3.71. The third kappa shape index (κ3) is 3.72. The Morgan fingerprint density at radius 1 is 1.04 bits per heavy atom. The van der Waals surface area contributed by atoms with Crippen molar-refractivity contribution in [2.24, 2.45) is 5.14 Å². The van der Waals surface area contributed by atoms with E-state index in [1.807, 2.05) is 5.38 Å². The Morgan fingerprint density at radius 2 is 1.75 bits per heavy atom. The van der Waals surface area contributed by atoms with Crippen LogP contribution in [0.3, 0.4) is 0 Å². The minimum absolute atomic E-state index is 0.0668. The van der Waals surface area contributed by atoms with E-state index in [-0.39, 0.29) is 10.7 Å². The molecule has 0 amide bonds. The summed E-state index contributed by atoms with van der Waals surface area (Å²) < 4.78 is 36.0. The summed E-state index contributed by atoms with van der Waals surface area (Å²) in [5, 5.41) is 11.2. The van der Waals surface area contributed by atoms with E-state index < -0.39 is 10.0 Å². The monoisotopic (exact) mass is 414 g/mol. The summed E-state index contributed by atoms with van der Waals surface area (Å²) in [5.74, 6) is 0.363. The van der Waals surface area contributed by atoms with Gasteiger partial charge in [0.25, 0.3) is 0 Å². The quantitative estimate of drug-likeness (QED) is 0.518. The van der Waals surface area contributed by atoms with Gasteiger partial charge in [0, 0.05) is 17.5 Å². The van der Waals surface area contributed by atoms with Crippen molar-refractivity contribution in [3.63, 3.8) is 0 Å². The largest absolute Gasteiger partial charge is 0.365 e. The van der Waals surface area contributed by atoms with Gasteiger partial charge in [-0.2, -0.15) is 0 Å². The van der Waals surface area contributed by atoms with Crippen molar-refractivity contribution in [3.05, 3.63) is 71.6 Å². The molecular formula is C19H15FN4O2S2. The molecular weight excluding hydrogens is 399 g/mol. The molecule has 0 bridgehead atoms. The summed E-state index contributed by atoms with van der Waals surface area (Å²) in [6.07, 6.45) is 1.49. The Labute approximate surface area is 164 Å². The number of primary sulfonamides is 1. The third-order valence-corrected chi connectivity index (χ3v) is 6.05. The van der Waals surface area contributed by atoms with Crippen LogP contribution in [-0.2, 0) is 16.6 Å². The number of nitrogens with two attached hydrogens (primary N) is 1. The summed E-state index contributed by atoms with van der Waals surface area (Å²) in [5.41, 5.74) is 2.67. The topological polar surface area (TPSA) is 98.0 Å². The molecule has 0 spiro atoms. The van der Waals surface area contributed by atoms with Crippen molar-refractivity contribution < 1.29 is 12.8 Å². The lowest BCUT2D eigenvalue weighted by molar-refractivity contribution is 0.597. The van der Waals surface area contributed by atoms with Crippen LogP contribution in [0.15, 0.2) is 65.1 Å². The van der Waals surface area contributed by atoms with E-state index in [1.54, 1.807) is 24.3 Å². The van der Waals surface area contributed by atoms with Crippen molar-refractivity contribution in [3.8, 4) is 11.1 Å². The van der Waals surface area contributed by atoms with Crippen molar-refractivity contribution in [2.75, 3.05) is 5.32 Å². The van der Waals surface area contributed by atoms with Gasteiger partial charge in [0.05, 0.1) is 10.3 Å². The minimum Gasteiger partial charge on any atom is -0.365 e. The van der Waals surface area contributed by atoms with Gasteiger partial charge in [-0.15, -0.1) is 11.3 Å². The molecule has 142 valence electrons. The van der Waals surface area contributed by atoms with Gasteiger partial charge in [0.2, 0.25) is 10.0 Å². The molecule has 4 rings (SSSR count). The summed E-state index contributed by atoms with van der Waals surface area (Å²) in [6, 6.07) is 12.6. The summed E-state index contributed by atoms with van der Waals surface area (Å²) in [6.45, 7) is 0.440. The number of benzene rings is 2. The van der Waals surface area contributed by atoms with Crippen molar-refractivity contribution >= 4 is 37.4 Å². The molecule has 2 heterocycles. The number of nitrogens with zero attached hydrogens (tertiary/aromatic N) is 2. The summed E-state index contributed by atoms with van der Waals surface area (Å²) >= 11 is 1.49. The Hall–Kier alpha value is -2.88. The second kappa shape index (κ2) is 7.27. The number of hydrogen-bond acceptors (Lipinski definition) is 6. The third-order valence-electron chi connectivity index (χ3n) is 4.24. The number of fused-ring (bicyclic) bond motifs is 1. The molecule has 0 radical (unpaired) electrons. The average Bonchev–Trinajstić information content (AvgIpc) is 3.11. The van der Waals surface area contributed by atoms with Crippen LogP contribution in [0.1, 0.15) is 5.56 Å². The maximum Gasteiger partial charge on any atom is 0.238 e. The highest BCUT2D eigenvalue weighted by Crippen LogP contribution is 2.36. The standard InChI is InChI=1S/C19H15FN4O2S2/c20-14-5-3-13(4-6-14)16-10-27-19-17(16)18(23-11-24-19)22-9-12-1-7-15(8-2-12)28(21,25)26/h1-8,10-11H,9H2,(H2,21,25,26)(H,22,23,24). The van der Waals surface area contributed by atoms with Gasteiger partial charge in [-0.25, -0.2) is 27.9 Å². The highest BCUT2D eigenvalue weighted by atomic mass is 32.2. The zero-order valence-electron chi connectivity index (χ0n) is 14.5. The fourth-order valence-electron chi connectivity index (χ4n) is 2.83. The highest BCUT2D eigenvalue weighted by molar-refractivity contribution is 7.89. The van der Waals surface area contributed by atoms with Crippen LogP contribution in [0.5, 0.6) is 0 Å². The maximum atomic E-state index is 13.3. The number of anilines is 1. The molecule has 0 unspecified atom stereocenters. The van der Waals surface area contributed by atoms with Gasteiger partial charge in [-0.3, -0.25) is 0 Å². The van der Waals surface area contributed by atoms with E-state index in [9.17, 15) is 12.8 Å². The molecule has 0 saturated carbocycles. The van der Waals surface area contributed by atoms with Crippen LogP contribution in [0.25, 0.3) is 21.3 Å². The van der Waals surface area contributed by atoms with E-state index in [1.165, 1.54) is 41.9 Å². The molecule has 9 heteroatoms. The molecule has 6 nitrogen and oxygen atoms in total. The van der Waals surface area contributed by atoms with E-state index in [0.717, 1.165) is 26.9 Å². The van der Waals surface area contributed by atoms with Gasteiger partial charge in [0.15, 0.2) is 0 Å². The number of nitrogens with one attached hydrogen (secondary N) is 1. The molecule has 0 aliphatic carbocycles. The number of hydrogen-bond donors (Lipinski definition) is 2. The highest BCUT2D eigenvalue weighted by Gasteiger charge is 2.13. The molecule has 4 aromatic rings. The zero-order valence-corrected chi connectivity index (χ0v) is 16.1. The normalized spacial score (nSPS) is 11.6. The lowest BCUT2D eigenvalue weighted by atomic mass is 10.1. The van der Waals surface area contributed by atoms with E-state index in [0.29, 0.717) is 12.4 Å². The Kier molecular flexibility index (Phi) is 4.80. The molecule has 0 aliphatic rings. The van der Waals surface area contributed by atoms with E-state index in [4.69, 9.17) is 5.14 Å². The first-order valence-electron chi connectivity index (χ1n) is 8.25. The Bertz CT molecular complexity index is 1240. The predicted octanol–water partition coefficient (Wildman–Crippen LogP) is 3.76. The summed E-state index contributed by atoms with van der Waals surface area (Å²) in [7, 11) is -3.71. The number of rotatable bonds is 5. The average molecular weight is 414 g/mol. The molecule has 3 N–H and O–H groups in total. The molecule has 0 fully saturated rings. The molecule has 2 aromatic carbocycles. The van der Waals surface area contributed by atoms with Crippen LogP contribution in [-0.4, -0.2) is 18.4 Å². The second-order valence-electron chi connectivity index (χ2n) is 6.10. The van der Waals surface area contributed by atoms with Crippen LogP contribution in [0, 0.1) is 5.82 Å². The molecule has 0 atom stereocenters. The maximum absolute atomic E-state index is 13.3. The van der Waals surface area contributed by atoms with Crippen LogP contribution < -0.4 is 10.5 Å². The van der Waals surface area contributed by atoms with Crippen molar-refractivity contribution in [2.45, 2.75) is 11.4 Å². The molecule has 0 saturated heterocycles. The van der Waals surface area contributed by atoms with Crippen LogP contribution >= 0.6 is 11.3 Å². The first-order valence-corrected chi connectivity index (χ1v) is 10.7. The van der Waals surface area contributed by atoms with Crippen LogP contribution in [0.4, 0.5) is 10.2 Å². The fourth-order valence-corrected chi connectivity index (χ4v) is 4.27. The lowest BCUT2D eigenvalue weighted by Gasteiger charge is -2.09. The van der Waals surface area contributed by atoms with Crippen molar-refractivity contribution in [1.29, 1.82) is 0 Å². The number of thiophene rings is 1. The number of aromatic nitrogens is 2. The van der Waals surface area contributed by atoms with E-state index >= 15 is 0 Å². The second-order valence-corrected chi connectivity index (χ2v) is 8.52. The molecule has 28 heavy (non-hydrogen) atoms. The fraction of sp³-hybridized carbons (Fsp3) is 0.0526. The van der Waals surface area contributed by atoms with Gasteiger partial charge >= 0.3 is 0 Å². The van der Waals surface area contributed by atoms with Gasteiger partial charge in [0.1, 0.15) is 22.8 Å². The molecule has 2 aromatic heterocycles. The zero-order chi connectivity index (χ0) is 19.7. The number of sulfonamides is 1. The van der Waals surface area contributed by atoms with Gasteiger partial charge < -0.3 is 5.32 Å². The Balaban J connectivity index is 1.64. The Morgan fingerprint density at radius 3 is 2.43 bits per heavy atom. The first kappa shape index (κ1) is 18.5. The smallest absolute Gasteiger partial charge is 0.238 e. The lowest BCUT2D eigenvalue weighted by Crippen LogP contribution is -2.12. The van der Waals surface area contributed by atoms with Gasteiger partial charge in [-0.1, -0.05) is 24.3 Å².